The van der Waals surface area contributed by atoms with Crippen molar-refractivity contribution in [3.63, 3.8) is 0 Å². The van der Waals surface area contributed by atoms with Crippen LogP contribution in [-0.2, 0) is 0 Å². The molecule has 1 rings (SSSR count). The van der Waals surface area contributed by atoms with Gasteiger partial charge in [-0.2, -0.15) is 0 Å². The molecule has 0 fully saturated rings. The summed E-state index contributed by atoms with van der Waals surface area (Å²) in [4.78, 5) is 9.94. The van der Waals surface area contributed by atoms with Gasteiger partial charge in [-0.05, 0) is 13.0 Å². The van der Waals surface area contributed by atoms with Crippen LogP contribution in [0.1, 0.15) is 6.92 Å². The van der Waals surface area contributed by atoms with Crippen LogP contribution in [0.2, 0.25) is 0 Å². The molecule has 1 atom stereocenters. The second-order valence-corrected chi connectivity index (χ2v) is 2.93. The van der Waals surface area contributed by atoms with Gasteiger partial charge >= 0.3 is 0 Å². The van der Waals surface area contributed by atoms with Crippen molar-refractivity contribution < 1.29 is 0 Å². The van der Waals surface area contributed by atoms with E-state index in [2.05, 4.69) is 9.97 Å². The first-order valence-corrected chi connectivity index (χ1v) is 3.93. The summed E-state index contributed by atoms with van der Waals surface area (Å²) >= 11 is 0. The summed E-state index contributed by atoms with van der Waals surface area (Å²) in [6, 6.07) is 2.02. The van der Waals surface area contributed by atoms with Crippen LogP contribution in [0.5, 0.6) is 0 Å². The second-order valence-electron chi connectivity index (χ2n) is 2.93. The van der Waals surface area contributed by atoms with Crippen LogP contribution in [0, 0.1) is 0 Å². The number of nitrogens with zero attached hydrogens (tertiary/aromatic N) is 3. The molecule has 12 heavy (non-hydrogen) atoms. The maximum Gasteiger partial charge on any atom is 0.131 e. The summed E-state index contributed by atoms with van der Waals surface area (Å²) in [6.45, 7) is 2.77. The minimum Gasteiger partial charge on any atom is -0.358 e. The van der Waals surface area contributed by atoms with Crippen LogP contribution >= 0.6 is 0 Å². The lowest BCUT2D eigenvalue weighted by atomic mass is 10.3. The number of aromatic nitrogens is 2. The molecular weight excluding hydrogens is 152 g/mol. The fraction of sp³-hybridized carbons (Fsp3) is 0.500. The predicted molar refractivity (Wildman–Crippen MR) is 49.0 cm³/mol. The summed E-state index contributed by atoms with van der Waals surface area (Å²) in [5.41, 5.74) is 5.65. The van der Waals surface area contributed by atoms with Crippen molar-refractivity contribution in [2.75, 3.05) is 18.5 Å². The molecule has 0 aromatic carbocycles. The second kappa shape index (κ2) is 4.01. The molecule has 0 aliphatic rings. The van der Waals surface area contributed by atoms with E-state index in [1.165, 1.54) is 6.33 Å². The van der Waals surface area contributed by atoms with E-state index in [1.807, 2.05) is 24.9 Å². The standard InChI is InChI=1S/C8H14N4/c1-7(9)5-12(2)8-3-4-10-6-11-8/h3-4,6-7H,5,9H2,1-2H3. The third-order valence-electron chi connectivity index (χ3n) is 1.52. The lowest BCUT2D eigenvalue weighted by Crippen LogP contribution is -2.33. The highest BCUT2D eigenvalue weighted by Gasteiger charge is 2.02. The fourth-order valence-electron chi connectivity index (χ4n) is 1.04. The molecule has 0 bridgehead atoms. The molecule has 1 aromatic rings. The van der Waals surface area contributed by atoms with Crippen LogP contribution in [0.15, 0.2) is 18.6 Å². The van der Waals surface area contributed by atoms with E-state index in [0.717, 1.165) is 12.4 Å². The SMILES string of the molecule is CC(N)CN(C)c1ccncn1. The Morgan fingerprint density at radius 1 is 1.67 bits per heavy atom. The minimum atomic E-state index is 0.157. The van der Waals surface area contributed by atoms with Crippen molar-refractivity contribution in [3.8, 4) is 0 Å². The molecule has 1 unspecified atom stereocenters. The van der Waals surface area contributed by atoms with E-state index in [1.54, 1.807) is 6.20 Å². The van der Waals surface area contributed by atoms with E-state index < -0.39 is 0 Å². The number of hydrogen-bond donors (Lipinski definition) is 1. The summed E-state index contributed by atoms with van der Waals surface area (Å²) in [5.74, 6) is 0.905. The zero-order valence-corrected chi connectivity index (χ0v) is 7.44. The molecule has 4 nitrogen and oxygen atoms in total. The highest BCUT2D eigenvalue weighted by molar-refractivity contribution is 5.35. The Bertz CT molecular complexity index is 222. The molecular formula is C8H14N4. The molecule has 0 radical (unpaired) electrons. The Kier molecular flexibility index (Phi) is 2.99. The van der Waals surface area contributed by atoms with Crippen molar-refractivity contribution in [2.45, 2.75) is 13.0 Å². The zero-order chi connectivity index (χ0) is 8.97. The summed E-state index contributed by atoms with van der Waals surface area (Å²) in [6.07, 6.45) is 3.26. The normalized spacial score (nSPS) is 12.6. The van der Waals surface area contributed by atoms with Crippen molar-refractivity contribution >= 4 is 5.82 Å². The Labute approximate surface area is 72.4 Å². The molecule has 0 saturated carbocycles. The van der Waals surface area contributed by atoms with Gasteiger partial charge in [0, 0.05) is 25.8 Å². The molecule has 0 aliphatic carbocycles. The van der Waals surface area contributed by atoms with Gasteiger partial charge in [-0.1, -0.05) is 0 Å². The van der Waals surface area contributed by atoms with Gasteiger partial charge in [0.15, 0.2) is 0 Å². The van der Waals surface area contributed by atoms with Crippen molar-refractivity contribution in [1.29, 1.82) is 0 Å². The molecule has 0 spiro atoms. The van der Waals surface area contributed by atoms with Gasteiger partial charge in [0.25, 0.3) is 0 Å². The fourth-order valence-corrected chi connectivity index (χ4v) is 1.04. The van der Waals surface area contributed by atoms with Crippen LogP contribution in [0.25, 0.3) is 0 Å². The van der Waals surface area contributed by atoms with Crippen molar-refractivity contribution in [2.24, 2.45) is 5.73 Å². The first-order chi connectivity index (χ1) is 5.70. The third kappa shape index (κ3) is 2.47. The van der Waals surface area contributed by atoms with Crippen molar-refractivity contribution in [1.82, 2.24) is 9.97 Å². The van der Waals surface area contributed by atoms with Gasteiger partial charge in [-0.15, -0.1) is 0 Å². The minimum absolute atomic E-state index is 0.157. The Balaban J connectivity index is 2.59. The highest BCUT2D eigenvalue weighted by atomic mass is 15.2. The van der Waals surface area contributed by atoms with E-state index in [4.69, 9.17) is 5.73 Å². The van der Waals surface area contributed by atoms with E-state index >= 15 is 0 Å². The molecule has 66 valence electrons. The average molecular weight is 166 g/mol. The van der Waals surface area contributed by atoms with Crippen molar-refractivity contribution in [3.05, 3.63) is 18.6 Å². The van der Waals surface area contributed by atoms with Crippen LogP contribution in [0.4, 0.5) is 5.82 Å². The zero-order valence-electron chi connectivity index (χ0n) is 7.44. The summed E-state index contributed by atoms with van der Waals surface area (Å²) in [5, 5.41) is 0. The summed E-state index contributed by atoms with van der Waals surface area (Å²) in [7, 11) is 1.96. The number of hydrogen-bond acceptors (Lipinski definition) is 4. The van der Waals surface area contributed by atoms with Gasteiger partial charge in [0.05, 0.1) is 0 Å². The van der Waals surface area contributed by atoms with Gasteiger partial charge < -0.3 is 10.6 Å². The molecule has 0 saturated heterocycles. The van der Waals surface area contributed by atoms with Crippen LogP contribution < -0.4 is 10.6 Å². The van der Waals surface area contributed by atoms with E-state index in [0.29, 0.717) is 0 Å². The Hall–Kier alpha value is -1.16. The first kappa shape index (κ1) is 8.93. The topological polar surface area (TPSA) is 55.0 Å². The maximum atomic E-state index is 5.65. The molecule has 2 N–H and O–H groups in total. The van der Waals surface area contributed by atoms with Gasteiger partial charge in [-0.3, -0.25) is 0 Å². The number of likely N-dealkylation sites (N-methyl/N-ethyl adjacent to an activating group) is 1. The lowest BCUT2D eigenvalue weighted by molar-refractivity contribution is 0.711. The van der Waals surface area contributed by atoms with Gasteiger partial charge in [-0.25, -0.2) is 9.97 Å². The van der Waals surface area contributed by atoms with Gasteiger partial charge in [0.2, 0.25) is 0 Å². The molecule has 1 aromatic heterocycles. The number of anilines is 1. The molecule has 4 heteroatoms. The average Bonchev–Trinajstić information content (AvgIpc) is 2.05. The monoisotopic (exact) mass is 166 g/mol. The van der Waals surface area contributed by atoms with Crippen LogP contribution in [0.3, 0.4) is 0 Å². The Morgan fingerprint density at radius 3 is 2.92 bits per heavy atom. The quantitative estimate of drug-likeness (QED) is 0.699. The predicted octanol–water partition coefficient (Wildman–Crippen LogP) is 0.260. The van der Waals surface area contributed by atoms with Crippen LogP contribution in [-0.4, -0.2) is 29.6 Å². The van der Waals surface area contributed by atoms with Gasteiger partial charge in [0.1, 0.15) is 12.1 Å². The Morgan fingerprint density at radius 2 is 2.42 bits per heavy atom. The molecule has 0 amide bonds. The smallest absolute Gasteiger partial charge is 0.131 e. The number of rotatable bonds is 3. The third-order valence-corrected chi connectivity index (χ3v) is 1.52. The lowest BCUT2D eigenvalue weighted by Gasteiger charge is -2.19. The maximum absolute atomic E-state index is 5.65. The molecule has 1 heterocycles. The van der Waals surface area contributed by atoms with E-state index in [9.17, 15) is 0 Å². The van der Waals surface area contributed by atoms with E-state index in [-0.39, 0.29) is 6.04 Å². The highest BCUT2D eigenvalue weighted by Crippen LogP contribution is 2.04. The number of nitrogens with two attached hydrogens (primary N) is 1. The largest absolute Gasteiger partial charge is 0.358 e. The first-order valence-electron chi connectivity index (χ1n) is 3.93. The molecule has 0 aliphatic heterocycles. The summed E-state index contributed by atoms with van der Waals surface area (Å²) < 4.78 is 0.